The van der Waals surface area contributed by atoms with E-state index in [-0.39, 0.29) is 12.0 Å². The molecule has 2 atom stereocenters. The van der Waals surface area contributed by atoms with Crippen LogP contribution in [0.2, 0.25) is 0 Å². The third-order valence-electron chi connectivity index (χ3n) is 1.93. The van der Waals surface area contributed by atoms with Crippen molar-refractivity contribution >= 4 is 5.97 Å². The molecule has 15 heavy (non-hydrogen) atoms. The minimum Gasteiger partial charge on any atom is -0.481 e. The summed E-state index contributed by atoms with van der Waals surface area (Å²) in [5, 5.41) is 9.13. The molecule has 0 amide bonds. The summed E-state index contributed by atoms with van der Waals surface area (Å²) in [5.41, 5.74) is 0.218. The molecule has 2 unspecified atom stereocenters. The van der Waals surface area contributed by atoms with Gasteiger partial charge in [-0.05, 0) is 30.3 Å². The lowest BCUT2D eigenvalue weighted by atomic mass is 9.97. The molecule has 1 N–H and O–H groups in total. The quantitative estimate of drug-likeness (QED) is 0.836. The Labute approximate surface area is 102 Å². The van der Waals surface area contributed by atoms with E-state index in [9.17, 15) is 4.79 Å². The minimum absolute atomic E-state index is 0.115. The molecule has 2 nitrogen and oxygen atoms in total. The third kappa shape index (κ3) is 3.39. The normalized spacial score (nSPS) is 28.3. The number of benzene rings is 1. The summed E-state index contributed by atoms with van der Waals surface area (Å²) in [6.45, 7) is -4.30. The predicted octanol–water partition coefficient (Wildman–Crippen LogP) is 3.07. The van der Waals surface area contributed by atoms with Crippen molar-refractivity contribution in [3.05, 3.63) is 35.4 Å². The van der Waals surface area contributed by atoms with Crippen LogP contribution in [0.4, 0.5) is 0 Å². The Kier molecular flexibility index (Phi) is 1.55. The van der Waals surface area contributed by atoms with E-state index in [1.54, 1.807) is 0 Å². The van der Waals surface area contributed by atoms with E-state index < -0.39 is 31.5 Å². The van der Waals surface area contributed by atoms with Gasteiger partial charge in [-0.15, -0.1) is 0 Å². The molecular formula is C13H18O2. The van der Waals surface area contributed by atoms with E-state index >= 15 is 0 Å². The van der Waals surface area contributed by atoms with Gasteiger partial charge in [0.2, 0.25) is 0 Å². The third-order valence-corrected chi connectivity index (χ3v) is 1.93. The Bertz CT molecular complexity index is 573. The highest BCUT2D eigenvalue weighted by Crippen LogP contribution is 2.17. The van der Waals surface area contributed by atoms with Crippen LogP contribution in [0, 0.1) is 5.89 Å². The molecule has 0 radical (unpaired) electrons. The highest BCUT2D eigenvalue weighted by molar-refractivity contribution is 5.75. The summed E-state index contributed by atoms with van der Waals surface area (Å²) in [6, 6.07) is 5.06. The van der Waals surface area contributed by atoms with Gasteiger partial charge in [-0.1, -0.05) is 38.0 Å². The van der Waals surface area contributed by atoms with Crippen molar-refractivity contribution in [2.45, 2.75) is 32.9 Å². The molecule has 0 fully saturated rings. The van der Waals surface area contributed by atoms with Crippen molar-refractivity contribution in [3.63, 3.8) is 0 Å². The van der Waals surface area contributed by atoms with E-state index in [2.05, 4.69) is 0 Å². The highest BCUT2D eigenvalue weighted by atomic mass is 16.4. The van der Waals surface area contributed by atoms with Crippen molar-refractivity contribution in [1.29, 1.82) is 0 Å². The molecule has 82 valence electrons. The van der Waals surface area contributed by atoms with Gasteiger partial charge in [0.1, 0.15) is 0 Å². The van der Waals surface area contributed by atoms with Crippen molar-refractivity contribution in [1.82, 2.24) is 0 Å². The summed E-state index contributed by atoms with van der Waals surface area (Å²) in [6.07, 6.45) is -0.115. The number of carboxylic acid groups (broad SMARTS) is 1. The molecule has 0 heterocycles. The van der Waals surface area contributed by atoms with Gasteiger partial charge in [0.25, 0.3) is 0 Å². The van der Waals surface area contributed by atoms with Gasteiger partial charge in [-0.3, -0.25) is 4.79 Å². The maximum Gasteiger partial charge on any atom is 0.310 e. The molecule has 1 aromatic rings. The van der Waals surface area contributed by atoms with Gasteiger partial charge in [-0.25, -0.2) is 0 Å². The lowest BCUT2D eigenvalue weighted by molar-refractivity contribution is -0.138. The average Bonchev–Trinajstić information content (AvgIpc) is 2.35. The lowest BCUT2D eigenvalue weighted by Crippen LogP contribution is -2.07. The number of hydrogen-bond donors (Lipinski definition) is 1. The van der Waals surface area contributed by atoms with Crippen molar-refractivity contribution in [2.75, 3.05) is 0 Å². The van der Waals surface area contributed by atoms with Gasteiger partial charge < -0.3 is 5.11 Å². The molecule has 1 rings (SSSR count). The maximum absolute atomic E-state index is 11.3. The number of aliphatic carboxylic acids is 1. The van der Waals surface area contributed by atoms with E-state index in [1.165, 1.54) is 31.2 Å². The molecule has 0 aromatic heterocycles. The van der Waals surface area contributed by atoms with Crippen LogP contribution in [0.5, 0.6) is 0 Å². The van der Waals surface area contributed by atoms with E-state index in [1.807, 2.05) is 0 Å². The topological polar surface area (TPSA) is 37.3 Å². The largest absolute Gasteiger partial charge is 0.481 e. The molecule has 0 aliphatic rings. The molecular weight excluding hydrogens is 188 g/mol. The van der Waals surface area contributed by atoms with E-state index in [4.69, 9.17) is 16.1 Å². The first-order valence-corrected chi connectivity index (χ1v) is 4.46. The lowest BCUT2D eigenvalue weighted by Gasteiger charge is -2.09. The Balaban J connectivity index is 3.17. The fourth-order valence-corrected chi connectivity index (χ4v) is 1.22. The van der Waals surface area contributed by atoms with Crippen LogP contribution >= 0.6 is 0 Å². The van der Waals surface area contributed by atoms with Gasteiger partial charge >= 0.3 is 5.97 Å². The Morgan fingerprint density at radius 2 is 2.13 bits per heavy atom. The monoisotopic (exact) mass is 214 g/mol. The Hall–Kier alpha value is -1.31. The zero-order chi connectivity index (χ0) is 18.3. The summed E-state index contributed by atoms with van der Waals surface area (Å²) in [4.78, 5) is 11.3. The van der Waals surface area contributed by atoms with Gasteiger partial charge in [0.05, 0.1) is 5.89 Å². The van der Waals surface area contributed by atoms with Crippen molar-refractivity contribution < 1.29 is 20.9 Å². The SMILES string of the molecule is [2H]C([2H])([2H])C([2H])(C)Cc1ccc(C([2H])(C(=O)O)C([2H])([2H])[2H])cc1. The molecule has 0 saturated heterocycles. The second-order valence-electron chi connectivity index (χ2n) is 3.33. The van der Waals surface area contributed by atoms with E-state index in [0.29, 0.717) is 5.56 Å². The van der Waals surface area contributed by atoms with Crippen LogP contribution in [-0.4, -0.2) is 11.1 Å². The van der Waals surface area contributed by atoms with Crippen LogP contribution in [0.15, 0.2) is 24.3 Å². The first kappa shape index (κ1) is 4.69. The first-order valence-electron chi connectivity index (χ1n) is 8.46. The minimum atomic E-state index is -3.07. The number of rotatable bonds is 4. The Morgan fingerprint density at radius 3 is 2.60 bits per heavy atom. The van der Waals surface area contributed by atoms with Crippen LogP contribution in [-0.2, 0) is 11.2 Å². The van der Waals surface area contributed by atoms with Crippen LogP contribution in [0.25, 0.3) is 0 Å². The zero-order valence-corrected chi connectivity index (χ0v) is 8.37. The van der Waals surface area contributed by atoms with Crippen LogP contribution in [0.3, 0.4) is 0 Å². The molecule has 0 aliphatic carbocycles. The van der Waals surface area contributed by atoms with Crippen LogP contribution in [0.1, 0.15) is 48.6 Å². The van der Waals surface area contributed by atoms with Gasteiger partial charge in [0.15, 0.2) is 0 Å². The smallest absolute Gasteiger partial charge is 0.310 e. The average molecular weight is 214 g/mol. The maximum atomic E-state index is 11.3. The molecule has 0 spiro atoms. The fourth-order valence-electron chi connectivity index (χ4n) is 1.22. The second kappa shape index (κ2) is 4.96. The summed E-state index contributed by atoms with van der Waals surface area (Å²) < 4.78 is 59.6. The Morgan fingerprint density at radius 1 is 1.47 bits per heavy atom. The molecule has 2 heteroatoms. The second-order valence-corrected chi connectivity index (χ2v) is 3.33. The molecule has 0 aliphatic heterocycles. The standard InChI is InChI=1S/C13H18O2/c1-9(2)8-11-4-6-12(7-5-11)10(3)13(14)15/h4-7,9-10H,8H2,1-3H3,(H,14,15)/i1D3,3D3,9D,10D. The number of carboxylic acids is 1. The van der Waals surface area contributed by atoms with Crippen LogP contribution < -0.4 is 0 Å². The van der Waals surface area contributed by atoms with Gasteiger partial charge in [0, 0.05) is 11.0 Å². The molecule has 1 aromatic carbocycles. The first-order chi connectivity index (χ1) is 10.1. The summed E-state index contributed by atoms with van der Waals surface area (Å²) in [5.74, 6) is -6.33. The molecule has 0 saturated carbocycles. The molecule has 0 bridgehead atoms. The highest BCUT2D eigenvalue weighted by Gasteiger charge is 2.12. The van der Waals surface area contributed by atoms with E-state index in [0.717, 1.165) is 0 Å². The number of carbonyl (C=O) groups is 1. The number of hydrogen-bond acceptors (Lipinski definition) is 1. The van der Waals surface area contributed by atoms with Crippen molar-refractivity contribution in [3.8, 4) is 0 Å². The summed E-state index contributed by atoms with van der Waals surface area (Å²) >= 11 is 0. The fraction of sp³-hybridized carbons (Fsp3) is 0.462. The summed E-state index contributed by atoms with van der Waals surface area (Å²) in [7, 11) is 0. The zero-order valence-electron chi connectivity index (χ0n) is 16.4. The predicted molar refractivity (Wildman–Crippen MR) is 61.0 cm³/mol. The van der Waals surface area contributed by atoms with Crippen molar-refractivity contribution in [2.24, 2.45) is 5.89 Å². The van der Waals surface area contributed by atoms with Gasteiger partial charge in [-0.2, -0.15) is 0 Å².